The normalized spacial score (nSPS) is 20.4. The van der Waals surface area contributed by atoms with E-state index in [-0.39, 0.29) is 0 Å². The molecule has 1 heteroatoms. The first kappa shape index (κ1) is 25.4. The Balaban J connectivity index is 1.59. The summed E-state index contributed by atoms with van der Waals surface area (Å²) < 4.78 is 0. The molecule has 1 aliphatic rings. The van der Waals surface area contributed by atoms with E-state index in [9.17, 15) is 0 Å². The largest absolute Gasteiger partial charge is 0.261 e. The maximum absolute atomic E-state index is 4.88. The lowest BCUT2D eigenvalue weighted by molar-refractivity contribution is 0.283. The molecule has 1 saturated carbocycles. The van der Waals surface area contributed by atoms with Crippen LogP contribution in [0.4, 0.5) is 0 Å². The van der Waals surface area contributed by atoms with E-state index in [1.807, 2.05) is 0 Å². The van der Waals surface area contributed by atoms with Crippen LogP contribution in [0.2, 0.25) is 0 Å². The van der Waals surface area contributed by atoms with Crippen LogP contribution in [-0.4, -0.2) is 4.98 Å². The van der Waals surface area contributed by atoms with Gasteiger partial charge in [-0.25, -0.2) is 0 Å². The van der Waals surface area contributed by atoms with Crippen LogP contribution < -0.4 is 0 Å². The zero-order chi connectivity index (χ0) is 21.4. The van der Waals surface area contributed by atoms with E-state index in [4.69, 9.17) is 4.98 Å². The van der Waals surface area contributed by atoms with Crippen LogP contribution in [0.5, 0.6) is 0 Å². The number of nitrogens with zero attached hydrogens (tertiary/aromatic N) is 1. The molecule has 1 heterocycles. The van der Waals surface area contributed by atoms with Gasteiger partial charge >= 0.3 is 0 Å². The van der Waals surface area contributed by atoms with Crippen molar-refractivity contribution in [1.82, 2.24) is 4.98 Å². The molecule has 172 valence electrons. The van der Waals surface area contributed by atoms with Gasteiger partial charge in [0.2, 0.25) is 0 Å². The molecule has 0 bridgehead atoms. The van der Waals surface area contributed by atoms with Crippen LogP contribution in [0.25, 0.3) is 0 Å². The standard InChI is InChI=1S/C29H51N/c1-4-6-8-9-10-11-13-15-27-20-23-29(30-24-27)28-21-18-26(19-22-28)17-16-25(3)14-12-7-5-2/h20,23-26,28H,4-19,21-22H2,1-3H3/t25?,26-,28-. The van der Waals surface area contributed by atoms with Crippen molar-refractivity contribution in [3.05, 3.63) is 29.6 Å². The van der Waals surface area contributed by atoms with E-state index in [0.29, 0.717) is 0 Å². The van der Waals surface area contributed by atoms with E-state index in [2.05, 4.69) is 39.1 Å². The molecule has 0 aromatic carbocycles. The Morgan fingerprint density at radius 1 is 0.800 bits per heavy atom. The molecule has 1 fully saturated rings. The lowest BCUT2D eigenvalue weighted by Gasteiger charge is -2.29. The minimum Gasteiger partial charge on any atom is -0.261 e. The van der Waals surface area contributed by atoms with Gasteiger partial charge in [0.25, 0.3) is 0 Å². The van der Waals surface area contributed by atoms with E-state index in [0.717, 1.165) is 17.8 Å². The van der Waals surface area contributed by atoms with Crippen molar-refractivity contribution >= 4 is 0 Å². The Labute approximate surface area is 188 Å². The number of hydrogen-bond donors (Lipinski definition) is 0. The number of rotatable bonds is 16. The summed E-state index contributed by atoms with van der Waals surface area (Å²) in [6.45, 7) is 7.07. The van der Waals surface area contributed by atoms with Gasteiger partial charge in [0, 0.05) is 17.8 Å². The number of pyridine rings is 1. The van der Waals surface area contributed by atoms with Gasteiger partial charge < -0.3 is 0 Å². The van der Waals surface area contributed by atoms with Crippen LogP contribution in [0.15, 0.2) is 18.3 Å². The zero-order valence-corrected chi connectivity index (χ0v) is 20.6. The molecule has 0 saturated heterocycles. The van der Waals surface area contributed by atoms with Gasteiger partial charge in [-0.05, 0) is 62.0 Å². The second-order valence-corrected chi connectivity index (χ2v) is 10.4. The molecular formula is C29H51N. The molecule has 2 rings (SSSR count). The molecule has 1 nitrogen and oxygen atoms in total. The first-order valence-corrected chi connectivity index (χ1v) is 13.7. The number of aryl methyl sites for hydroxylation is 1. The van der Waals surface area contributed by atoms with E-state index < -0.39 is 0 Å². The lowest BCUT2D eigenvalue weighted by atomic mass is 9.77. The highest BCUT2D eigenvalue weighted by atomic mass is 14.7. The maximum atomic E-state index is 4.88. The van der Waals surface area contributed by atoms with E-state index >= 15 is 0 Å². The van der Waals surface area contributed by atoms with Crippen molar-refractivity contribution < 1.29 is 0 Å². The topological polar surface area (TPSA) is 12.9 Å². The highest BCUT2D eigenvalue weighted by Crippen LogP contribution is 2.37. The zero-order valence-electron chi connectivity index (χ0n) is 20.6. The third-order valence-electron chi connectivity index (χ3n) is 7.55. The molecular weight excluding hydrogens is 362 g/mol. The van der Waals surface area contributed by atoms with Crippen LogP contribution in [-0.2, 0) is 6.42 Å². The molecule has 1 aromatic rings. The fourth-order valence-corrected chi connectivity index (χ4v) is 5.27. The van der Waals surface area contributed by atoms with Gasteiger partial charge in [0.05, 0.1) is 0 Å². The summed E-state index contributed by atoms with van der Waals surface area (Å²) in [5, 5.41) is 0. The molecule has 30 heavy (non-hydrogen) atoms. The molecule has 0 N–H and O–H groups in total. The van der Waals surface area contributed by atoms with Gasteiger partial charge in [0.1, 0.15) is 0 Å². The van der Waals surface area contributed by atoms with Gasteiger partial charge in [-0.3, -0.25) is 4.98 Å². The van der Waals surface area contributed by atoms with Crippen molar-refractivity contribution in [3.8, 4) is 0 Å². The van der Waals surface area contributed by atoms with Crippen molar-refractivity contribution in [2.24, 2.45) is 11.8 Å². The maximum Gasteiger partial charge on any atom is 0.0434 e. The molecule has 0 radical (unpaired) electrons. The SMILES string of the molecule is CCCCCCCCCc1ccc([C@H]2CC[C@H](CCC(C)CCCCC)CC2)nc1. The van der Waals surface area contributed by atoms with Gasteiger partial charge in [0.15, 0.2) is 0 Å². The summed E-state index contributed by atoms with van der Waals surface area (Å²) in [6, 6.07) is 4.71. The molecule has 1 atom stereocenters. The number of unbranched alkanes of at least 4 members (excludes halogenated alkanes) is 8. The van der Waals surface area contributed by atoms with Crippen LogP contribution in [0.1, 0.15) is 147 Å². The molecule has 0 aliphatic heterocycles. The van der Waals surface area contributed by atoms with Gasteiger partial charge in [-0.1, -0.05) is 104 Å². The average molecular weight is 414 g/mol. The second-order valence-electron chi connectivity index (χ2n) is 10.4. The molecule has 1 aromatic heterocycles. The van der Waals surface area contributed by atoms with Crippen molar-refractivity contribution in [3.63, 3.8) is 0 Å². The van der Waals surface area contributed by atoms with Crippen LogP contribution in [0.3, 0.4) is 0 Å². The van der Waals surface area contributed by atoms with Gasteiger partial charge in [-0.15, -0.1) is 0 Å². The molecule has 1 aliphatic carbocycles. The van der Waals surface area contributed by atoms with Crippen molar-refractivity contribution in [2.75, 3.05) is 0 Å². The summed E-state index contributed by atoms with van der Waals surface area (Å²) in [6.07, 6.45) is 27.2. The predicted molar refractivity (Wildman–Crippen MR) is 133 cm³/mol. The molecule has 1 unspecified atom stereocenters. The Morgan fingerprint density at radius 2 is 1.47 bits per heavy atom. The van der Waals surface area contributed by atoms with Crippen molar-refractivity contribution in [2.45, 2.75) is 142 Å². The van der Waals surface area contributed by atoms with E-state index in [1.54, 1.807) is 0 Å². The molecule has 0 amide bonds. The summed E-state index contributed by atoms with van der Waals surface area (Å²) in [5.74, 6) is 2.63. The highest BCUT2D eigenvalue weighted by molar-refractivity contribution is 5.17. The van der Waals surface area contributed by atoms with Crippen LogP contribution in [0, 0.1) is 11.8 Å². The quantitative estimate of drug-likeness (QED) is 0.246. The summed E-state index contributed by atoms with van der Waals surface area (Å²) in [7, 11) is 0. The van der Waals surface area contributed by atoms with E-state index in [1.165, 1.54) is 127 Å². The fourth-order valence-electron chi connectivity index (χ4n) is 5.27. The van der Waals surface area contributed by atoms with Gasteiger partial charge in [-0.2, -0.15) is 0 Å². The number of hydrogen-bond acceptors (Lipinski definition) is 1. The minimum absolute atomic E-state index is 0.718. The Bertz CT molecular complexity index is 512. The lowest BCUT2D eigenvalue weighted by Crippen LogP contribution is -2.15. The Kier molecular flexibility index (Phi) is 13.4. The Hall–Kier alpha value is -0.850. The third-order valence-corrected chi connectivity index (χ3v) is 7.55. The first-order chi connectivity index (χ1) is 14.7. The smallest absolute Gasteiger partial charge is 0.0434 e. The average Bonchev–Trinajstić information content (AvgIpc) is 2.78. The predicted octanol–water partition coefficient (Wildman–Crippen LogP) is 9.65. The van der Waals surface area contributed by atoms with Crippen LogP contribution >= 0.6 is 0 Å². The second kappa shape index (κ2) is 15.9. The summed E-state index contributed by atoms with van der Waals surface area (Å²) >= 11 is 0. The fraction of sp³-hybridized carbons (Fsp3) is 0.828. The highest BCUT2D eigenvalue weighted by Gasteiger charge is 2.23. The first-order valence-electron chi connectivity index (χ1n) is 13.7. The van der Waals surface area contributed by atoms with Crippen molar-refractivity contribution in [1.29, 1.82) is 0 Å². The summed E-state index contributed by atoms with van der Waals surface area (Å²) in [5.41, 5.74) is 2.81. The Morgan fingerprint density at radius 3 is 2.13 bits per heavy atom. The monoisotopic (exact) mass is 413 g/mol. The number of aromatic nitrogens is 1. The molecule has 0 spiro atoms. The minimum atomic E-state index is 0.718. The summed E-state index contributed by atoms with van der Waals surface area (Å²) in [4.78, 5) is 4.88. The third kappa shape index (κ3) is 10.5.